The molecule has 0 heterocycles. The van der Waals surface area contributed by atoms with E-state index >= 15 is 0 Å². The van der Waals surface area contributed by atoms with E-state index in [1.807, 2.05) is 0 Å². The van der Waals surface area contributed by atoms with E-state index in [4.69, 9.17) is 4.74 Å². The minimum atomic E-state index is -0.222. The zero-order valence-corrected chi connectivity index (χ0v) is 12.0. The second-order valence-electron chi connectivity index (χ2n) is 5.14. The highest BCUT2D eigenvalue weighted by molar-refractivity contribution is 4.68. The lowest BCUT2D eigenvalue weighted by atomic mass is 9.97. The Morgan fingerprint density at radius 1 is 1.12 bits per heavy atom. The first-order valence-corrected chi connectivity index (χ1v) is 7.08. The Bertz CT molecular complexity index is 158. The van der Waals surface area contributed by atoms with Gasteiger partial charge < -0.3 is 15.2 Å². The van der Waals surface area contributed by atoms with Crippen LogP contribution in [0, 0.1) is 11.8 Å². The van der Waals surface area contributed by atoms with Gasteiger partial charge in [0.2, 0.25) is 0 Å². The molecule has 3 heteroatoms. The van der Waals surface area contributed by atoms with Gasteiger partial charge in [-0.05, 0) is 18.3 Å². The molecule has 17 heavy (non-hydrogen) atoms. The minimum absolute atomic E-state index is 0.222. The van der Waals surface area contributed by atoms with Crippen LogP contribution in [0.3, 0.4) is 0 Å². The molecule has 0 rings (SSSR count). The maximum absolute atomic E-state index is 9.88. The summed E-state index contributed by atoms with van der Waals surface area (Å²) < 4.78 is 5.50. The molecule has 0 aromatic carbocycles. The molecule has 0 aromatic heterocycles. The van der Waals surface area contributed by atoms with E-state index in [-0.39, 0.29) is 6.10 Å². The van der Waals surface area contributed by atoms with Crippen molar-refractivity contribution < 1.29 is 9.84 Å². The van der Waals surface area contributed by atoms with Crippen LogP contribution in [-0.4, -0.2) is 37.5 Å². The van der Waals surface area contributed by atoms with E-state index in [0.717, 1.165) is 39.0 Å². The summed E-state index contributed by atoms with van der Waals surface area (Å²) in [4.78, 5) is 0. The molecule has 1 unspecified atom stereocenters. The number of hydrogen-bond donors (Lipinski definition) is 2. The predicted molar refractivity (Wildman–Crippen MR) is 73.2 cm³/mol. The van der Waals surface area contributed by atoms with E-state index in [0.29, 0.717) is 18.4 Å². The van der Waals surface area contributed by atoms with Gasteiger partial charge in [0.25, 0.3) is 0 Å². The van der Waals surface area contributed by atoms with Crippen LogP contribution < -0.4 is 5.32 Å². The molecular weight excluding hydrogens is 214 g/mol. The number of aliphatic hydroxyl groups is 1. The highest BCUT2D eigenvalue weighted by atomic mass is 16.5. The average molecular weight is 245 g/mol. The van der Waals surface area contributed by atoms with Crippen LogP contribution in [0.1, 0.15) is 47.0 Å². The van der Waals surface area contributed by atoms with Crippen molar-refractivity contribution in [2.75, 3.05) is 26.3 Å². The van der Waals surface area contributed by atoms with Crippen molar-refractivity contribution in [2.24, 2.45) is 11.8 Å². The van der Waals surface area contributed by atoms with Crippen molar-refractivity contribution in [3.05, 3.63) is 0 Å². The quantitative estimate of drug-likeness (QED) is 0.549. The van der Waals surface area contributed by atoms with Crippen LogP contribution in [0.5, 0.6) is 0 Å². The second kappa shape index (κ2) is 11.0. The third-order valence-electron chi connectivity index (χ3n) is 3.21. The highest BCUT2D eigenvalue weighted by Gasteiger charge is 2.14. The Balaban J connectivity index is 3.33. The summed E-state index contributed by atoms with van der Waals surface area (Å²) >= 11 is 0. The molecule has 0 aromatic rings. The van der Waals surface area contributed by atoms with Crippen molar-refractivity contribution in [2.45, 2.75) is 53.1 Å². The average Bonchev–Trinajstić information content (AvgIpc) is 2.29. The fourth-order valence-electron chi connectivity index (χ4n) is 1.81. The summed E-state index contributed by atoms with van der Waals surface area (Å²) in [7, 11) is 0. The lowest BCUT2D eigenvalue weighted by molar-refractivity contribution is 0.0922. The summed E-state index contributed by atoms with van der Waals surface area (Å²) in [6.45, 7) is 11.8. The SMILES string of the molecule is CCC(CC)C(O)CNCCOCCC(C)C. The Kier molecular flexibility index (Phi) is 10.9. The standard InChI is InChI=1S/C14H31NO2/c1-5-13(6-2)14(16)11-15-8-10-17-9-7-12(3)4/h12-16H,5-11H2,1-4H3. The summed E-state index contributed by atoms with van der Waals surface area (Å²) in [5.41, 5.74) is 0. The Labute approximate surface area is 107 Å². The van der Waals surface area contributed by atoms with Gasteiger partial charge in [0.1, 0.15) is 0 Å². The lowest BCUT2D eigenvalue weighted by Gasteiger charge is -2.20. The van der Waals surface area contributed by atoms with Gasteiger partial charge in [0, 0.05) is 19.7 Å². The fraction of sp³-hybridized carbons (Fsp3) is 1.00. The molecule has 0 radical (unpaired) electrons. The number of ether oxygens (including phenoxy) is 1. The predicted octanol–water partition coefficient (Wildman–Crippen LogP) is 2.44. The third-order valence-corrected chi connectivity index (χ3v) is 3.21. The van der Waals surface area contributed by atoms with Gasteiger partial charge in [-0.3, -0.25) is 0 Å². The van der Waals surface area contributed by atoms with Gasteiger partial charge in [0.05, 0.1) is 12.7 Å². The van der Waals surface area contributed by atoms with E-state index in [2.05, 4.69) is 33.0 Å². The van der Waals surface area contributed by atoms with Gasteiger partial charge in [0.15, 0.2) is 0 Å². The summed E-state index contributed by atoms with van der Waals surface area (Å²) in [5, 5.41) is 13.1. The Hall–Kier alpha value is -0.120. The van der Waals surface area contributed by atoms with E-state index in [1.165, 1.54) is 0 Å². The summed E-state index contributed by atoms with van der Waals surface area (Å²) in [6, 6.07) is 0. The molecule has 0 aliphatic heterocycles. The molecule has 0 amide bonds. The lowest BCUT2D eigenvalue weighted by Crippen LogP contribution is -2.34. The molecule has 0 aliphatic carbocycles. The molecule has 1 atom stereocenters. The number of hydrogen-bond acceptors (Lipinski definition) is 3. The van der Waals surface area contributed by atoms with Gasteiger partial charge in [-0.2, -0.15) is 0 Å². The monoisotopic (exact) mass is 245 g/mol. The van der Waals surface area contributed by atoms with Crippen LogP contribution in [0.4, 0.5) is 0 Å². The molecule has 2 N–H and O–H groups in total. The zero-order valence-electron chi connectivity index (χ0n) is 12.0. The van der Waals surface area contributed by atoms with Gasteiger partial charge in [-0.15, -0.1) is 0 Å². The molecule has 0 saturated carbocycles. The first-order valence-electron chi connectivity index (χ1n) is 7.08. The van der Waals surface area contributed by atoms with E-state index in [1.54, 1.807) is 0 Å². The topological polar surface area (TPSA) is 41.5 Å². The van der Waals surface area contributed by atoms with Crippen molar-refractivity contribution in [1.29, 1.82) is 0 Å². The Morgan fingerprint density at radius 3 is 2.29 bits per heavy atom. The van der Waals surface area contributed by atoms with Crippen molar-refractivity contribution in [1.82, 2.24) is 5.32 Å². The molecule has 0 bridgehead atoms. The minimum Gasteiger partial charge on any atom is -0.392 e. The van der Waals surface area contributed by atoms with Crippen molar-refractivity contribution in [3.63, 3.8) is 0 Å². The van der Waals surface area contributed by atoms with Crippen LogP contribution in [0.2, 0.25) is 0 Å². The zero-order chi connectivity index (χ0) is 13.1. The van der Waals surface area contributed by atoms with Crippen LogP contribution >= 0.6 is 0 Å². The van der Waals surface area contributed by atoms with Crippen molar-refractivity contribution in [3.8, 4) is 0 Å². The number of rotatable bonds is 11. The molecule has 0 spiro atoms. The smallest absolute Gasteiger partial charge is 0.0692 e. The van der Waals surface area contributed by atoms with Crippen LogP contribution in [-0.2, 0) is 4.74 Å². The van der Waals surface area contributed by atoms with Gasteiger partial charge in [-0.1, -0.05) is 40.5 Å². The molecule has 0 aliphatic rings. The van der Waals surface area contributed by atoms with Crippen molar-refractivity contribution >= 4 is 0 Å². The summed E-state index contributed by atoms with van der Waals surface area (Å²) in [6.07, 6.45) is 2.99. The largest absolute Gasteiger partial charge is 0.392 e. The van der Waals surface area contributed by atoms with Gasteiger partial charge >= 0.3 is 0 Å². The van der Waals surface area contributed by atoms with Crippen LogP contribution in [0.25, 0.3) is 0 Å². The molecule has 0 saturated heterocycles. The normalized spacial score (nSPS) is 13.6. The fourth-order valence-corrected chi connectivity index (χ4v) is 1.81. The maximum Gasteiger partial charge on any atom is 0.0692 e. The number of nitrogens with one attached hydrogen (secondary N) is 1. The maximum atomic E-state index is 9.88. The molecule has 104 valence electrons. The first-order chi connectivity index (χ1) is 8.11. The van der Waals surface area contributed by atoms with Crippen LogP contribution in [0.15, 0.2) is 0 Å². The highest BCUT2D eigenvalue weighted by Crippen LogP contribution is 2.11. The first kappa shape index (κ1) is 16.9. The second-order valence-corrected chi connectivity index (χ2v) is 5.14. The molecule has 3 nitrogen and oxygen atoms in total. The Morgan fingerprint density at radius 2 is 1.76 bits per heavy atom. The molecular formula is C14H31NO2. The van der Waals surface area contributed by atoms with E-state index in [9.17, 15) is 5.11 Å². The third kappa shape index (κ3) is 9.57. The molecule has 0 fully saturated rings. The number of aliphatic hydroxyl groups excluding tert-OH is 1. The summed E-state index contributed by atoms with van der Waals surface area (Å²) in [5.74, 6) is 1.13. The van der Waals surface area contributed by atoms with Gasteiger partial charge in [-0.25, -0.2) is 0 Å². The van der Waals surface area contributed by atoms with E-state index < -0.39 is 0 Å².